The second-order valence-electron chi connectivity index (χ2n) is 20.1. The number of fused-ring (bicyclic) bond motifs is 15. The number of aromatic nitrogens is 10. The standard InChI is InChI=1S/C13H14N3OS.2C12H12N3OS.2C11H10N3OS.15W.5Y/c1-7-6-9-10(18-7)5-3-4-8-11(9)15-16-12(8)13(17)14-2;1-6-5-8-9(17-6)4-3-7-10(8)14-15-11(7)12(16)13-2;1-6-5-7-3-4-8-9(11(7)17-6)14-15-10(8)12(16)13-2;1-5-3-6-8(16-5)4-7-9(6)13-14-10(7)11(15)12-2;1-5-3-6-4-7-8(10(6)16-5)13-14-9(7)11(15)12-2;;;;;;;;;;;;;;;;;;;;/h6H,2-5H2,1H3,(H2,14,15,16,17);2*5H,2-4H2,1H3,(H2,13,14,15,16);2*3H,2,4H2,1H3,(H2,12,13,14,15);;;;;;;;;;;;;;;;;;;;/q5*-1;;;;;;;;;;;;;;;;;;;;/p-5. The Bertz CT molecular complexity index is 4080. The van der Waals surface area contributed by atoms with Crippen LogP contribution in [0.5, 0.6) is 0 Å². The zero-order chi connectivity index (χ0) is 59.2. The molecule has 0 saturated heterocycles. The van der Waals surface area contributed by atoms with Crippen LogP contribution in [-0.2, 0) is 531 Å². The molecule has 0 bridgehead atoms. The summed E-state index contributed by atoms with van der Waals surface area (Å²) >= 11 is 8.78. The van der Waals surface area contributed by atoms with Crippen molar-refractivity contribution in [2.24, 2.45) is 0 Å². The van der Waals surface area contributed by atoms with E-state index in [2.05, 4.69) is 178 Å². The molecule has 5 radical (unpaired) electrons. The van der Waals surface area contributed by atoms with E-state index in [0.29, 0.717) is 28.5 Å². The van der Waals surface area contributed by atoms with Crippen LogP contribution in [0.25, 0.3) is 54.9 Å². The molecule has 10 aromatic rings. The predicted molar refractivity (Wildman–Crippen MR) is 325 cm³/mol. The SMILES string of the molecule is [CH2-]NC(=O)c1n[n-]c2c1CCCc1sc(C)cc1-2.[CH2-]NC(=O)c1n[n-]c2c1CCc1cc(C)sc1-2.[CH2-]NC(=O)c1n[n-]c2c1CCc1sc(C)cc1-2.[CH2-]NC(=O)c1n[n-]c2c1Cc1cc(C)sc1-2.[CH2-]NC(=O)c1n[n-]c2c1Cc1sc(C)cc1-2.[W].[W].[W].[W].[W].[W].[W].[W].[W].[W].[W].[W].[W].[W].[W].[Y].[Y].[Y].[Y].[Y]. The van der Waals surface area contributed by atoms with Gasteiger partial charge in [-0.1, -0.05) is 11.4 Å². The Kier molecular flexibility index (Phi) is 78.8. The normalized spacial score (nSPS) is 10.4. The first-order valence-electron chi connectivity index (χ1n) is 26.5. The van der Waals surface area contributed by atoms with Gasteiger partial charge in [-0.15, -0.1) is 73.8 Å². The summed E-state index contributed by atoms with van der Waals surface area (Å²) in [7, 11) is 16.9. The van der Waals surface area contributed by atoms with E-state index >= 15 is 0 Å². The molecule has 10 heterocycles. The molecule has 0 fully saturated rings. The van der Waals surface area contributed by atoms with Crippen LogP contribution in [0.15, 0.2) is 30.3 Å². The van der Waals surface area contributed by atoms with Gasteiger partial charge in [0.15, 0.2) is 0 Å². The first-order valence-corrected chi connectivity index (χ1v) is 30.6. The van der Waals surface area contributed by atoms with Gasteiger partial charge >= 0.3 is 0 Å². The molecular weight excluding hydrogens is 4360 g/mol. The largest absolute Gasteiger partial charge is 0.574 e. The third-order valence-corrected chi connectivity index (χ3v) is 20.1. The number of rotatable bonds is 5. The van der Waals surface area contributed by atoms with E-state index < -0.39 is 0 Å². The van der Waals surface area contributed by atoms with E-state index in [1.54, 1.807) is 45.3 Å². The minimum atomic E-state index is -0.263. The van der Waals surface area contributed by atoms with E-state index in [9.17, 15) is 24.0 Å². The fourth-order valence-corrected chi connectivity index (χ4v) is 16.3. The van der Waals surface area contributed by atoms with Gasteiger partial charge in [-0.3, -0.25) is 59.2 Å². The van der Waals surface area contributed by atoms with Gasteiger partial charge in [0.2, 0.25) is 29.5 Å². The van der Waals surface area contributed by atoms with Crippen molar-refractivity contribution in [1.82, 2.24) is 77.6 Å². The molecule has 0 saturated carbocycles. The van der Waals surface area contributed by atoms with Gasteiger partial charge in [-0.2, -0.15) is 0 Å². The van der Waals surface area contributed by atoms with Gasteiger partial charge in [-0.05, 0) is 172 Å². The van der Waals surface area contributed by atoms with Gasteiger partial charge in [-0.25, -0.2) is 0 Å². The number of hydrogen-bond donors (Lipinski definition) is 5. The summed E-state index contributed by atoms with van der Waals surface area (Å²) in [5.41, 5.74) is 17.2. The molecule has 104 heavy (non-hydrogen) atoms. The Labute approximate surface area is 966 Å². The molecule has 5 amide bonds. The molecule has 45 heteroatoms. The fraction of sp³-hybridized carbons (Fsp3) is 0.237. The Hall–Kier alpha value is 7.74. The van der Waals surface area contributed by atoms with E-state index in [4.69, 9.17) is 0 Å². The second-order valence-corrected chi connectivity index (χ2v) is 26.7. The van der Waals surface area contributed by atoms with Crippen molar-refractivity contribution < 1.29 is 503 Å². The van der Waals surface area contributed by atoms with Crippen molar-refractivity contribution in [3.63, 3.8) is 0 Å². The average Bonchev–Trinajstić information content (AvgIpc) is 1.64. The minimum absolute atomic E-state index is 0. The van der Waals surface area contributed by atoms with Crippen LogP contribution >= 0.6 is 56.7 Å². The quantitative estimate of drug-likeness (QED) is 0.101. The first kappa shape index (κ1) is 132. The summed E-state index contributed by atoms with van der Waals surface area (Å²) in [6, 6.07) is 10.7. The van der Waals surface area contributed by atoms with Crippen molar-refractivity contribution in [1.29, 1.82) is 0 Å². The smallest absolute Gasteiger partial charge is 0.239 e. The van der Waals surface area contributed by atoms with Gasteiger partial charge in [0.05, 0.1) is 0 Å². The Balaban J connectivity index is -0.000000127. The fourth-order valence-electron chi connectivity index (χ4n) is 11.0. The Morgan fingerprint density at radius 2 is 0.587 bits per heavy atom. The molecular formula is C59H53N15O5S5W15Y5-10. The number of aryl methyl sites for hydroxylation is 8. The summed E-state index contributed by atoms with van der Waals surface area (Å²) in [4.78, 5) is 70.5. The van der Waals surface area contributed by atoms with Crippen LogP contribution in [0.4, 0.5) is 0 Å². The molecule has 20 nitrogen and oxygen atoms in total. The van der Waals surface area contributed by atoms with E-state index in [1.165, 1.54) is 55.0 Å². The molecule has 0 aromatic carbocycles. The molecule has 10 aromatic heterocycles. The monoisotopic (exact) mass is 4420 g/mol. The van der Waals surface area contributed by atoms with Crippen LogP contribution in [0.1, 0.15) is 137 Å². The van der Waals surface area contributed by atoms with Gasteiger partial charge in [0.1, 0.15) is 28.5 Å². The summed E-state index contributed by atoms with van der Waals surface area (Å²) < 4.78 is 0. The number of nitrogens with one attached hydrogen (secondary N) is 5. The van der Waals surface area contributed by atoms with Crippen molar-refractivity contribution in [3.05, 3.63) is 172 Å². The molecule has 0 unspecified atom stereocenters. The van der Waals surface area contributed by atoms with Crippen LogP contribution in [-0.4, -0.2) is 55.0 Å². The van der Waals surface area contributed by atoms with E-state index in [0.717, 1.165) is 136 Å². The maximum atomic E-state index is 11.7. The van der Waals surface area contributed by atoms with Crippen molar-refractivity contribution in [3.8, 4) is 54.9 Å². The maximum absolute atomic E-state index is 11.7. The van der Waals surface area contributed by atoms with Crippen LogP contribution in [0.3, 0.4) is 0 Å². The van der Waals surface area contributed by atoms with Crippen molar-refractivity contribution in [2.75, 3.05) is 0 Å². The second kappa shape index (κ2) is 61.9. The number of carbonyl (C=O) groups is 5. The molecule has 539 valence electrons. The third-order valence-electron chi connectivity index (χ3n) is 14.6. The van der Waals surface area contributed by atoms with Crippen LogP contribution in [0, 0.1) is 69.9 Å². The minimum Gasteiger partial charge on any atom is -0.574 e. The molecule has 0 spiro atoms. The molecule has 0 aliphatic heterocycles. The molecule has 5 aliphatic carbocycles. The predicted octanol–water partition coefficient (Wildman–Crippen LogP) is 8.43. The van der Waals surface area contributed by atoms with E-state index in [1.807, 2.05) is 11.3 Å². The number of hydrogen-bond acceptors (Lipinski definition) is 15. The zero-order valence-electron chi connectivity index (χ0n) is 55.4. The third kappa shape index (κ3) is 30.4. The van der Waals surface area contributed by atoms with Crippen molar-refractivity contribution >= 4 is 86.2 Å². The molecule has 15 rings (SSSR count). The number of carbonyl (C=O) groups excluding carboxylic acids is 5. The van der Waals surface area contributed by atoms with Crippen molar-refractivity contribution in [2.45, 2.75) is 92.4 Å². The van der Waals surface area contributed by atoms with Crippen LogP contribution < -0.4 is 52.1 Å². The Morgan fingerprint density at radius 3 is 0.981 bits per heavy atom. The van der Waals surface area contributed by atoms with Gasteiger partial charge in [0.25, 0.3) is 0 Å². The Morgan fingerprint density at radius 1 is 0.317 bits per heavy atom. The van der Waals surface area contributed by atoms with E-state index in [-0.39, 0.29) is 509 Å². The molecule has 5 aliphatic rings. The summed E-state index contributed by atoms with van der Waals surface area (Å²) in [5.74, 6) is -1.29. The topological polar surface area (TPSA) is 280 Å². The number of thiophene rings is 5. The molecule has 0 atom stereocenters. The average molecular weight is 4410 g/mol. The summed E-state index contributed by atoms with van der Waals surface area (Å²) in [6.07, 6.45) is 8.03. The zero-order valence-corrected chi connectivity index (χ0v) is 118. The first-order chi connectivity index (χ1) is 40.5. The maximum Gasteiger partial charge on any atom is 0.239 e. The van der Waals surface area contributed by atoms with Crippen LogP contribution in [0.2, 0.25) is 0 Å². The number of nitrogens with zero attached hydrogens (tertiary/aromatic N) is 10. The van der Waals surface area contributed by atoms with Gasteiger partial charge < -0.3 is 77.6 Å². The summed E-state index contributed by atoms with van der Waals surface area (Å²) in [6.45, 7) is 10.4. The van der Waals surface area contributed by atoms with Gasteiger partial charge in [0, 0.05) is 535 Å². The summed E-state index contributed by atoms with van der Waals surface area (Å²) in [5, 5.41) is 52.3. The molecule has 5 N–H and O–H groups in total. The number of amides is 5.